The molecule has 1 aromatic carbocycles. The van der Waals surface area contributed by atoms with E-state index in [1.54, 1.807) is 12.4 Å². The third kappa shape index (κ3) is 4.94. The molecule has 0 amide bonds. The number of hydrogen-bond donors (Lipinski definition) is 1. The van der Waals surface area contributed by atoms with Crippen LogP contribution in [0.15, 0.2) is 46.6 Å². The lowest BCUT2D eigenvalue weighted by atomic mass is 10.2. The van der Waals surface area contributed by atoms with Crippen LogP contribution in [-0.2, 0) is 0 Å². The number of nitrogens with zero attached hydrogens (tertiary/aromatic N) is 1. The van der Waals surface area contributed by atoms with Crippen LogP contribution < -0.4 is 5.73 Å². The first-order valence-corrected chi connectivity index (χ1v) is 5.41. The molecular formula is C12H12N2S. The SMILES string of the molecule is C#CCS/C(N)=C/N=C\c1ccccc1. The largest absolute Gasteiger partial charge is 0.392 e. The monoisotopic (exact) mass is 216 g/mol. The topological polar surface area (TPSA) is 38.4 Å². The van der Waals surface area contributed by atoms with Crippen LogP contribution in [0.1, 0.15) is 5.56 Å². The highest BCUT2D eigenvalue weighted by Gasteiger charge is 1.87. The molecule has 1 rings (SSSR count). The van der Waals surface area contributed by atoms with Crippen LogP contribution in [0.2, 0.25) is 0 Å². The second-order valence-electron chi connectivity index (χ2n) is 2.71. The fourth-order valence-corrected chi connectivity index (χ4v) is 1.28. The molecule has 2 nitrogen and oxygen atoms in total. The van der Waals surface area contributed by atoms with E-state index in [0.717, 1.165) is 5.56 Å². The minimum Gasteiger partial charge on any atom is -0.392 e. The first-order valence-electron chi connectivity index (χ1n) is 4.43. The van der Waals surface area contributed by atoms with Gasteiger partial charge in [-0.3, -0.25) is 4.99 Å². The van der Waals surface area contributed by atoms with Crippen molar-refractivity contribution in [2.45, 2.75) is 0 Å². The lowest BCUT2D eigenvalue weighted by Gasteiger charge is -1.93. The molecule has 0 aliphatic carbocycles. The van der Waals surface area contributed by atoms with Crippen molar-refractivity contribution in [3.8, 4) is 12.3 Å². The highest BCUT2D eigenvalue weighted by molar-refractivity contribution is 8.03. The van der Waals surface area contributed by atoms with E-state index in [1.165, 1.54) is 11.8 Å². The van der Waals surface area contributed by atoms with Crippen molar-refractivity contribution in [3.63, 3.8) is 0 Å². The Balaban J connectivity index is 2.49. The van der Waals surface area contributed by atoms with Crippen molar-refractivity contribution >= 4 is 18.0 Å². The minimum atomic E-state index is 0.573. The number of thioether (sulfide) groups is 1. The first-order chi connectivity index (χ1) is 7.33. The zero-order chi connectivity index (χ0) is 10.9. The van der Waals surface area contributed by atoms with E-state index in [1.807, 2.05) is 30.3 Å². The minimum absolute atomic E-state index is 0.573. The Morgan fingerprint density at radius 3 is 2.87 bits per heavy atom. The molecule has 0 atom stereocenters. The van der Waals surface area contributed by atoms with E-state index >= 15 is 0 Å². The molecule has 76 valence electrons. The van der Waals surface area contributed by atoms with Gasteiger partial charge in [0.15, 0.2) is 0 Å². The Bertz CT molecular complexity index is 388. The maximum atomic E-state index is 5.64. The maximum absolute atomic E-state index is 5.64. The molecule has 0 spiro atoms. The van der Waals surface area contributed by atoms with Gasteiger partial charge in [-0.05, 0) is 5.56 Å². The van der Waals surface area contributed by atoms with Gasteiger partial charge in [0.05, 0.1) is 17.0 Å². The summed E-state index contributed by atoms with van der Waals surface area (Å²) in [6.45, 7) is 0. The molecule has 0 saturated heterocycles. The molecule has 0 bridgehead atoms. The van der Waals surface area contributed by atoms with Gasteiger partial charge in [-0.1, -0.05) is 48.0 Å². The molecule has 2 N–H and O–H groups in total. The number of rotatable bonds is 4. The lowest BCUT2D eigenvalue weighted by molar-refractivity contribution is 1.45. The predicted octanol–water partition coefficient (Wildman–Crippen LogP) is 2.23. The van der Waals surface area contributed by atoms with Gasteiger partial charge in [-0.2, -0.15) is 0 Å². The van der Waals surface area contributed by atoms with Crippen LogP contribution in [0.25, 0.3) is 0 Å². The van der Waals surface area contributed by atoms with Crippen molar-refractivity contribution in [2.75, 3.05) is 5.75 Å². The van der Waals surface area contributed by atoms with Crippen LogP contribution in [0.5, 0.6) is 0 Å². The first kappa shape index (κ1) is 11.4. The molecule has 1 aromatic rings. The van der Waals surface area contributed by atoms with Gasteiger partial charge in [-0.25, -0.2) is 0 Å². The number of aliphatic imine (C=N–C) groups is 1. The maximum Gasteiger partial charge on any atom is 0.0850 e. The quantitative estimate of drug-likeness (QED) is 0.619. The molecule has 0 heterocycles. The van der Waals surface area contributed by atoms with E-state index in [9.17, 15) is 0 Å². The number of nitrogens with two attached hydrogens (primary N) is 1. The standard InChI is InChI=1S/C12H12N2S/c1-2-8-15-12(13)10-14-9-11-6-4-3-5-7-11/h1,3-7,9-10H,8,13H2/b12-10+,14-9-. The second kappa shape index (κ2) is 6.74. The van der Waals surface area contributed by atoms with Crippen molar-refractivity contribution in [2.24, 2.45) is 10.7 Å². The van der Waals surface area contributed by atoms with Gasteiger partial charge < -0.3 is 5.73 Å². The predicted molar refractivity (Wildman–Crippen MR) is 67.6 cm³/mol. The van der Waals surface area contributed by atoms with Crippen LogP contribution in [-0.4, -0.2) is 12.0 Å². The van der Waals surface area contributed by atoms with E-state index in [4.69, 9.17) is 12.2 Å². The lowest BCUT2D eigenvalue weighted by Crippen LogP contribution is -1.91. The highest BCUT2D eigenvalue weighted by Crippen LogP contribution is 2.07. The summed E-state index contributed by atoms with van der Waals surface area (Å²) in [6.07, 6.45) is 8.46. The van der Waals surface area contributed by atoms with Gasteiger partial charge in [0.1, 0.15) is 0 Å². The van der Waals surface area contributed by atoms with Crippen LogP contribution in [0.4, 0.5) is 0 Å². The average molecular weight is 216 g/mol. The molecule has 0 aliphatic heterocycles. The van der Waals surface area contributed by atoms with Gasteiger partial charge in [0, 0.05) is 6.21 Å². The third-order valence-electron chi connectivity index (χ3n) is 1.55. The van der Waals surface area contributed by atoms with E-state index < -0.39 is 0 Å². The molecule has 0 saturated carbocycles. The zero-order valence-corrected chi connectivity index (χ0v) is 9.08. The molecule has 0 aliphatic rings. The molecule has 3 heteroatoms. The average Bonchev–Trinajstić information content (AvgIpc) is 2.28. The molecule has 0 aromatic heterocycles. The van der Waals surface area contributed by atoms with Crippen LogP contribution in [0.3, 0.4) is 0 Å². The fourth-order valence-electron chi connectivity index (χ4n) is 0.898. The summed E-state index contributed by atoms with van der Waals surface area (Å²) in [4.78, 5) is 4.09. The molecule has 0 radical (unpaired) electrons. The van der Waals surface area contributed by atoms with E-state index in [2.05, 4.69) is 10.9 Å². The van der Waals surface area contributed by atoms with Crippen LogP contribution >= 0.6 is 11.8 Å². The van der Waals surface area contributed by atoms with E-state index in [-0.39, 0.29) is 0 Å². The van der Waals surface area contributed by atoms with Crippen molar-refractivity contribution in [3.05, 3.63) is 47.1 Å². The van der Waals surface area contributed by atoms with Crippen molar-refractivity contribution in [1.29, 1.82) is 0 Å². The second-order valence-corrected chi connectivity index (χ2v) is 3.76. The van der Waals surface area contributed by atoms with E-state index in [0.29, 0.717) is 10.8 Å². The summed E-state index contributed by atoms with van der Waals surface area (Å²) in [6, 6.07) is 9.83. The smallest absolute Gasteiger partial charge is 0.0850 e. The molecule has 0 unspecified atom stereocenters. The summed E-state index contributed by atoms with van der Waals surface area (Å²) in [7, 11) is 0. The normalized spacial score (nSPS) is 11.5. The highest BCUT2D eigenvalue weighted by atomic mass is 32.2. The summed E-state index contributed by atoms with van der Waals surface area (Å²) >= 11 is 1.40. The number of benzene rings is 1. The van der Waals surface area contributed by atoms with Crippen LogP contribution in [0, 0.1) is 12.3 Å². The Kier molecular flexibility index (Phi) is 5.13. The number of hydrogen-bond acceptors (Lipinski definition) is 3. The summed E-state index contributed by atoms with van der Waals surface area (Å²) in [5, 5.41) is 0.625. The van der Waals surface area contributed by atoms with Crippen molar-refractivity contribution in [1.82, 2.24) is 0 Å². The molecular weight excluding hydrogens is 204 g/mol. The summed E-state index contributed by atoms with van der Waals surface area (Å²) in [5.74, 6) is 3.07. The Hall–Kier alpha value is -1.66. The van der Waals surface area contributed by atoms with Crippen molar-refractivity contribution < 1.29 is 0 Å². The summed E-state index contributed by atoms with van der Waals surface area (Å²) in [5.41, 5.74) is 6.68. The molecule has 15 heavy (non-hydrogen) atoms. The molecule has 0 fully saturated rings. The Morgan fingerprint density at radius 1 is 1.47 bits per heavy atom. The number of terminal acetylenes is 1. The zero-order valence-electron chi connectivity index (χ0n) is 8.26. The van der Waals surface area contributed by atoms with Gasteiger partial charge in [0.25, 0.3) is 0 Å². The third-order valence-corrected chi connectivity index (χ3v) is 2.30. The van der Waals surface area contributed by atoms with Gasteiger partial charge >= 0.3 is 0 Å². The van der Waals surface area contributed by atoms with Gasteiger partial charge in [0.2, 0.25) is 0 Å². The Labute approximate surface area is 94.3 Å². The fraction of sp³-hybridized carbons (Fsp3) is 0.0833. The summed E-state index contributed by atoms with van der Waals surface area (Å²) < 4.78 is 0. The Morgan fingerprint density at radius 2 is 2.20 bits per heavy atom. The van der Waals surface area contributed by atoms with Gasteiger partial charge in [-0.15, -0.1) is 6.42 Å².